The van der Waals surface area contributed by atoms with Crippen LogP contribution in [0.4, 0.5) is 14.9 Å². The van der Waals surface area contributed by atoms with E-state index < -0.39 is 11.6 Å². The molecule has 3 saturated heterocycles. The average Bonchev–Trinajstić information content (AvgIpc) is 2.80. The number of benzene rings is 1. The van der Waals surface area contributed by atoms with Crippen molar-refractivity contribution in [1.29, 1.82) is 0 Å². The van der Waals surface area contributed by atoms with E-state index in [-0.39, 0.29) is 36.1 Å². The molecule has 3 heterocycles. The Bertz CT molecular complexity index is 947. The SMILES string of the molecule is CC(C)(C)OC(=O)N1CCC(N2CCC(c3ccc(NC4CCC(=O)NC4=O)cc3F)CC2)CC1. The number of nitrogens with one attached hydrogen (secondary N) is 2. The molecule has 1 aromatic rings. The molecule has 3 fully saturated rings. The Hall–Kier alpha value is -2.68. The number of imide groups is 1. The number of rotatable bonds is 4. The lowest BCUT2D eigenvalue weighted by Crippen LogP contribution is -2.49. The van der Waals surface area contributed by atoms with Crippen LogP contribution in [0.5, 0.6) is 0 Å². The van der Waals surface area contributed by atoms with Gasteiger partial charge in [0.25, 0.3) is 0 Å². The van der Waals surface area contributed by atoms with Gasteiger partial charge in [0.05, 0.1) is 0 Å². The normalized spacial score (nSPS) is 23.2. The predicted molar refractivity (Wildman–Crippen MR) is 131 cm³/mol. The summed E-state index contributed by atoms with van der Waals surface area (Å²) < 4.78 is 20.5. The quantitative estimate of drug-likeness (QED) is 0.629. The molecule has 35 heavy (non-hydrogen) atoms. The van der Waals surface area contributed by atoms with Gasteiger partial charge in [-0.05, 0) is 89.6 Å². The molecule has 0 saturated carbocycles. The van der Waals surface area contributed by atoms with Crippen molar-refractivity contribution in [3.05, 3.63) is 29.6 Å². The summed E-state index contributed by atoms with van der Waals surface area (Å²) >= 11 is 0. The predicted octanol–water partition coefficient (Wildman–Crippen LogP) is 3.62. The second kappa shape index (κ2) is 10.5. The van der Waals surface area contributed by atoms with Crippen molar-refractivity contribution < 1.29 is 23.5 Å². The molecule has 1 unspecified atom stereocenters. The van der Waals surface area contributed by atoms with Gasteiger partial charge in [-0.25, -0.2) is 9.18 Å². The van der Waals surface area contributed by atoms with E-state index in [9.17, 15) is 18.8 Å². The number of carbonyl (C=O) groups is 3. The molecule has 0 aliphatic carbocycles. The van der Waals surface area contributed by atoms with E-state index in [0.29, 0.717) is 31.2 Å². The van der Waals surface area contributed by atoms with Crippen LogP contribution in [-0.4, -0.2) is 71.6 Å². The fraction of sp³-hybridized carbons (Fsp3) is 0.654. The van der Waals surface area contributed by atoms with Gasteiger partial charge in [-0.1, -0.05) is 6.07 Å². The second-order valence-corrected chi connectivity index (χ2v) is 10.9. The molecule has 3 aliphatic heterocycles. The van der Waals surface area contributed by atoms with Crippen LogP contribution in [-0.2, 0) is 14.3 Å². The summed E-state index contributed by atoms with van der Waals surface area (Å²) in [6, 6.07) is 5.02. The van der Waals surface area contributed by atoms with Gasteiger partial charge in [-0.2, -0.15) is 0 Å². The standard InChI is InChI=1S/C26H37FN4O4/c1-26(2,3)35-25(34)31-14-10-19(11-15-31)30-12-8-17(9-13-30)20-5-4-18(16-21(20)27)28-22-6-7-23(32)29-24(22)33/h4-5,16-17,19,22,28H,6-15H2,1-3H3,(H,29,32,33). The number of hydrogen-bond acceptors (Lipinski definition) is 6. The number of carbonyl (C=O) groups excluding carboxylic acids is 3. The summed E-state index contributed by atoms with van der Waals surface area (Å²) in [7, 11) is 0. The fourth-order valence-electron chi connectivity index (χ4n) is 5.30. The highest BCUT2D eigenvalue weighted by Gasteiger charge is 2.32. The summed E-state index contributed by atoms with van der Waals surface area (Å²) in [6.45, 7) is 8.88. The summed E-state index contributed by atoms with van der Waals surface area (Å²) in [5.41, 5.74) is 0.790. The molecule has 192 valence electrons. The van der Waals surface area contributed by atoms with Crippen molar-refractivity contribution in [2.45, 2.75) is 82.9 Å². The van der Waals surface area contributed by atoms with Gasteiger partial charge < -0.3 is 19.9 Å². The molecule has 1 atom stereocenters. The Balaban J connectivity index is 1.25. The van der Waals surface area contributed by atoms with Gasteiger partial charge >= 0.3 is 6.09 Å². The van der Waals surface area contributed by atoms with E-state index >= 15 is 0 Å². The molecular weight excluding hydrogens is 451 g/mol. The minimum Gasteiger partial charge on any atom is -0.444 e. The second-order valence-electron chi connectivity index (χ2n) is 10.9. The van der Waals surface area contributed by atoms with Crippen molar-refractivity contribution in [2.24, 2.45) is 0 Å². The Kier molecular flexibility index (Phi) is 7.64. The molecule has 0 radical (unpaired) electrons. The number of hydrogen-bond donors (Lipinski definition) is 2. The number of likely N-dealkylation sites (tertiary alicyclic amines) is 2. The van der Waals surface area contributed by atoms with Crippen LogP contribution in [0.25, 0.3) is 0 Å². The maximum Gasteiger partial charge on any atom is 0.410 e. The van der Waals surface area contributed by atoms with Gasteiger partial charge in [0.2, 0.25) is 11.8 Å². The molecular formula is C26H37FN4O4. The zero-order valence-corrected chi connectivity index (χ0v) is 20.9. The summed E-state index contributed by atoms with van der Waals surface area (Å²) in [5.74, 6) is -0.728. The number of anilines is 1. The Morgan fingerprint density at radius 1 is 1.06 bits per heavy atom. The van der Waals surface area contributed by atoms with Crippen molar-refractivity contribution in [3.8, 4) is 0 Å². The van der Waals surface area contributed by atoms with E-state index in [4.69, 9.17) is 4.74 Å². The summed E-state index contributed by atoms with van der Waals surface area (Å²) in [6.07, 6.45) is 4.09. The first-order valence-corrected chi connectivity index (χ1v) is 12.7. The van der Waals surface area contributed by atoms with Crippen molar-refractivity contribution >= 4 is 23.6 Å². The van der Waals surface area contributed by atoms with E-state index in [0.717, 1.165) is 44.3 Å². The Morgan fingerprint density at radius 3 is 2.34 bits per heavy atom. The molecule has 2 N–H and O–H groups in total. The maximum absolute atomic E-state index is 15.0. The molecule has 4 rings (SSSR count). The number of ether oxygens (including phenoxy) is 1. The van der Waals surface area contributed by atoms with Gasteiger partial charge in [0.1, 0.15) is 17.5 Å². The number of amides is 3. The third kappa shape index (κ3) is 6.51. The van der Waals surface area contributed by atoms with E-state index in [1.165, 1.54) is 6.07 Å². The fourth-order valence-corrected chi connectivity index (χ4v) is 5.30. The zero-order valence-electron chi connectivity index (χ0n) is 20.9. The largest absolute Gasteiger partial charge is 0.444 e. The van der Waals surface area contributed by atoms with Crippen molar-refractivity contribution in [2.75, 3.05) is 31.5 Å². The molecule has 8 nitrogen and oxygen atoms in total. The van der Waals surface area contributed by atoms with E-state index in [1.54, 1.807) is 4.90 Å². The van der Waals surface area contributed by atoms with Crippen LogP contribution in [0.2, 0.25) is 0 Å². The zero-order chi connectivity index (χ0) is 25.2. The Morgan fingerprint density at radius 2 is 1.74 bits per heavy atom. The lowest BCUT2D eigenvalue weighted by Gasteiger charge is -2.42. The van der Waals surface area contributed by atoms with Crippen LogP contribution >= 0.6 is 0 Å². The highest BCUT2D eigenvalue weighted by molar-refractivity contribution is 6.01. The summed E-state index contributed by atoms with van der Waals surface area (Å²) in [5, 5.41) is 5.36. The number of piperidine rings is 3. The minimum atomic E-state index is -0.525. The highest BCUT2D eigenvalue weighted by Crippen LogP contribution is 2.33. The Labute approximate surface area is 206 Å². The lowest BCUT2D eigenvalue weighted by molar-refractivity contribution is -0.133. The third-order valence-electron chi connectivity index (χ3n) is 7.18. The topological polar surface area (TPSA) is 91.0 Å². The first-order valence-electron chi connectivity index (χ1n) is 12.7. The molecule has 0 spiro atoms. The van der Waals surface area contributed by atoms with Gasteiger partial charge in [0.15, 0.2) is 0 Å². The first-order chi connectivity index (χ1) is 16.6. The third-order valence-corrected chi connectivity index (χ3v) is 7.18. The van der Waals surface area contributed by atoms with Crippen LogP contribution in [0.1, 0.15) is 70.8 Å². The van der Waals surface area contributed by atoms with Crippen LogP contribution in [0.15, 0.2) is 18.2 Å². The van der Waals surface area contributed by atoms with Crippen molar-refractivity contribution in [1.82, 2.24) is 15.1 Å². The lowest BCUT2D eigenvalue weighted by atomic mass is 9.87. The van der Waals surface area contributed by atoms with Crippen molar-refractivity contribution in [3.63, 3.8) is 0 Å². The number of nitrogens with zero attached hydrogens (tertiary/aromatic N) is 2. The van der Waals surface area contributed by atoms with Gasteiger partial charge in [-0.15, -0.1) is 0 Å². The van der Waals surface area contributed by atoms with E-state index in [2.05, 4.69) is 15.5 Å². The molecule has 3 amide bonds. The molecule has 3 aliphatic rings. The van der Waals surface area contributed by atoms with Crippen LogP contribution in [0.3, 0.4) is 0 Å². The van der Waals surface area contributed by atoms with E-state index in [1.807, 2.05) is 32.9 Å². The molecule has 0 bridgehead atoms. The molecule has 1 aromatic carbocycles. The van der Waals surface area contributed by atoms with Gasteiger partial charge in [-0.3, -0.25) is 14.9 Å². The van der Waals surface area contributed by atoms with Gasteiger partial charge in [0, 0.05) is 31.2 Å². The van der Waals surface area contributed by atoms with Crippen LogP contribution in [0, 0.1) is 5.82 Å². The molecule has 9 heteroatoms. The average molecular weight is 489 g/mol. The maximum atomic E-state index is 15.0. The monoisotopic (exact) mass is 488 g/mol. The smallest absolute Gasteiger partial charge is 0.410 e. The summed E-state index contributed by atoms with van der Waals surface area (Å²) in [4.78, 5) is 39.9. The van der Waals surface area contributed by atoms with Crippen LogP contribution < -0.4 is 10.6 Å². The molecule has 0 aromatic heterocycles. The number of halogens is 1. The first kappa shape index (κ1) is 25.4. The highest BCUT2D eigenvalue weighted by atomic mass is 19.1. The minimum absolute atomic E-state index is 0.165.